The molecule has 5 nitrogen and oxygen atoms in total. The lowest BCUT2D eigenvalue weighted by Gasteiger charge is -2.19. The van der Waals surface area contributed by atoms with Crippen molar-refractivity contribution in [2.24, 2.45) is 0 Å². The van der Waals surface area contributed by atoms with E-state index >= 15 is 0 Å². The topological polar surface area (TPSA) is 59.6 Å². The highest BCUT2D eigenvalue weighted by Gasteiger charge is 2.12. The van der Waals surface area contributed by atoms with E-state index in [-0.39, 0.29) is 11.7 Å². The van der Waals surface area contributed by atoms with E-state index in [1.165, 1.54) is 12.1 Å². The molecule has 1 aliphatic heterocycles. The molecule has 126 valence electrons. The minimum absolute atomic E-state index is 0.0849. The lowest BCUT2D eigenvalue weighted by molar-refractivity contribution is -0.116. The van der Waals surface area contributed by atoms with Crippen molar-refractivity contribution in [2.45, 2.75) is 13.0 Å². The maximum absolute atomic E-state index is 12.8. The number of hydrogen-bond donors (Lipinski definition) is 2. The summed E-state index contributed by atoms with van der Waals surface area (Å²) in [5, 5.41) is 5.99. The Labute approximate surface area is 139 Å². The second-order valence-electron chi connectivity index (χ2n) is 5.46. The summed E-state index contributed by atoms with van der Waals surface area (Å²) in [5.41, 5.74) is 1.66. The van der Waals surface area contributed by atoms with Crippen LogP contribution in [0.4, 0.5) is 10.1 Å². The molecule has 2 N–H and O–H groups in total. The predicted molar refractivity (Wildman–Crippen MR) is 88.8 cm³/mol. The van der Waals surface area contributed by atoms with E-state index in [2.05, 4.69) is 10.6 Å². The molecule has 1 amide bonds. The fourth-order valence-electron chi connectivity index (χ4n) is 2.38. The van der Waals surface area contributed by atoms with E-state index in [0.29, 0.717) is 49.9 Å². The Morgan fingerprint density at radius 1 is 1.04 bits per heavy atom. The number of carbonyl (C=O) groups excluding carboxylic acids is 1. The van der Waals surface area contributed by atoms with E-state index in [1.54, 1.807) is 30.3 Å². The van der Waals surface area contributed by atoms with Gasteiger partial charge in [0.25, 0.3) is 0 Å². The highest BCUT2D eigenvalue weighted by atomic mass is 19.1. The number of carbonyl (C=O) groups is 1. The minimum atomic E-state index is -0.252. The first kappa shape index (κ1) is 16.3. The number of anilines is 1. The molecule has 6 heteroatoms. The Bertz CT molecular complexity index is 704. The van der Waals surface area contributed by atoms with Gasteiger partial charge in [-0.1, -0.05) is 12.1 Å². The summed E-state index contributed by atoms with van der Waals surface area (Å²) in [7, 11) is 0. The maximum atomic E-state index is 12.8. The fourth-order valence-corrected chi connectivity index (χ4v) is 2.38. The van der Waals surface area contributed by atoms with Gasteiger partial charge in [0.1, 0.15) is 19.0 Å². The van der Waals surface area contributed by atoms with Crippen molar-refractivity contribution >= 4 is 11.6 Å². The van der Waals surface area contributed by atoms with Gasteiger partial charge in [-0.2, -0.15) is 0 Å². The lowest BCUT2D eigenvalue weighted by Crippen LogP contribution is -2.21. The van der Waals surface area contributed by atoms with Crippen LogP contribution in [0.25, 0.3) is 0 Å². The van der Waals surface area contributed by atoms with Crippen molar-refractivity contribution in [3.8, 4) is 11.5 Å². The Morgan fingerprint density at radius 2 is 1.79 bits per heavy atom. The lowest BCUT2D eigenvalue weighted by atomic mass is 10.2. The molecule has 3 rings (SSSR count). The largest absolute Gasteiger partial charge is 0.486 e. The Balaban J connectivity index is 1.41. The molecule has 0 bridgehead atoms. The van der Waals surface area contributed by atoms with Crippen LogP contribution in [0.2, 0.25) is 0 Å². The Hall–Kier alpha value is -2.60. The predicted octanol–water partition coefficient (Wildman–Crippen LogP) is 2.72. The van der Waals surface area contributed by atoms with Gasteiger partial charge in [0.2, 0.25) is 5.91 Å². The third kappa shape index (κ3) is 4.45. The van der Waals surface area contributed by atoms with Crippen molar-refractivity contribution in [3.63, 3.8) is 0 Å². The number of nitrogens with one attached hydrogen (secondary N) is 2. The number of rotatable bonds is 6. The van der Waals surface area contributed by atoms with Crippen LogP contribution < -0.4 is 20.1 Å². The SMILES string of the molecule is O=C(CCNCc1ccc(F)cc1)Nc1ccc2c(c1)OCCO2. The zero-order chi connectivity index (χ0) is 16.8. The molecule has 2 aromatic carbocycles. The summed E-state index contributed by atoms with van der Waals surface area (Å²) in [4.78, 5) is 12.0. The zero-order valence-corrected chi connectivity index (χ0v) is 13.2. The molecule has 0 unspecified atom stereocenters. The van der Waals surface area contributed by atoms with Crippen LogP contribution in [0.1, 0.15) is 12.0 Å². The highest BCUT2D eigenvalue weighted by Crippen LogP contribution is 2.32. The summed E-state index contributed by atoms with van der Waals surface area (Å²) < 4.78 is 23.7. The summed E-state index contributed by atoms with van der Waals surface area (Å²) in [6.45, 7) is 2.18. The van der Waals surface area contributed by atoms with Crippen LogP contribution in [0.5, 0.6) is 11.5 Å². The normalized spacial score (nSPS) is 12.7. The zero-order valence-electron chi connectivity index (χ0n) is 13.2. The maximum Gasteiger partial charge on any atom is 0.225 e. The van der Waals surface area contributed by atoms with E-state index in [4.69, 9.17) is 9.47 Å². The number of benzene rings is 2. The van der Waals surface area contributed by atoms with Crippen molar-refractivity contribution in [1.29, 1.82) is 0 Å². The number of fused-ring (bicyclic) bond motifs is 1. The fraction of sp³-hybridized carbons (Fsp3) is 0.278. The van der Waals surface area contributed by atoms with Gasteiger partial charge in [-0.05, 0) is 29.8 Å². The number of ether oxygens (including phenoxy) is 2. The van der Waals surface area contributed by atoms with Crippen molar-refractivity contribution in [1.82, 2.24) is 5.32 Å². The second-order valence-corrected chi connectivity index (χ2v) is 5.46. The van der Waals surface area contributed by atoms with E-state index < -0.39 is 0 Å². The average molecular weight is 330 g/mol. The van der Waals surface area contributed by atoms with E-state index in [1.807, 2.05) is 0 Å². The number of hydrogen-bond acceptors (Lipinski definition) is 4. The standard InChI is InChI=1S/C18H19FN2O3/c19-14-3-1-13(2-4-14)12-20-8-7-18(22)21-15-5-6-16-17(11-15)24-10-9-23-16/h1-6,11,20H,7-10,12H2,(H,21,22). The van der Waals surface area contributed by atoms with Crippen LogP contribution >= 0.6 is 0 Å². The van der Waals surface area contributed by atoms with E-state index in [0.717, 1.165) is 5.56 Å². The first-order valence-corrected chi connectivity index (χ1v) is 7.85. The van der Waals surface area contributed by atoms with E-state index in [9.17, 15) is 9.18 Å². The summed E-state index contributed by atoms with van der Waals surface area (Å²) in [5.74, 6) is 1.00. The molecule has 0 aliphatic carbocycles. The second kappa shape index (κ2) is 7.79. The molecule has 0 saturated carbocycles. The monoisotopic (exact) mass is 330 g/mol. The molecule has 0 radical (unpaired) electrons. The Kier molecular flexibility index (Phi) is 5.28. The van der Waals surface area contributed by atoms with Crippen LogP contribution in [0.15, 0.2) is 42.5 Å². The van der Waals surface area contributed by atoms with Crippen LogP contribution in [-0.4, -0.2) is 25.7 Å². The molecular formula is C18H19FN2O3. The van der Waals surface area contributed by atoms with Crippen molar-refractivity contribution in [3.05, 3.63) is 53.8 Å². The van der Waals surface area contributed by atoms with Gasteiger partial charge in [0.05, 0.1) is 0 Å². The van der Waals surface area contributed by atoms with Crippen LogP contribution in [0, 0.1) is 5.82 Å². The molecule has 0 aromatic heterocycles. The summed E-state index contributed by atoms with van der Waals surface area (Å²) in [6, 6.07) is 11.6. The third-order valence-corrected chi connectivity index (χ3v) is 3.60. The smallest absolute Gasteiger partial charge is 0.225 e. The summed E-state index contributed by atoms with van der Waals surface area (Å²) >= 11 is 0. The third-order valence-electron chi connectivity index (χ3n) is 3.60. The van der Waals surface area contributed by atoms with Gasteiger partial charge in [0.15, 0.2) is 11.5 Å². The molecular weight excluding hydrogens is 311 g/mol. The molecule has 1 aliphatic rings. The average Bonchev–Trinajstić information content (AvgIpc) is 2.60. The van der Waals surface area contributed by atoms with Crippen LogP contribution in [0.3, 0.4) is 0 Å². The molecule has 0 saturated heterocycles. The molecule has 0 fully saturated rings. The van der Waals surface area contributed by atoms with Gasteiger partial charge in [0, 0.05) is 31.3 Å². The van der Waals surface area contributed by atoms with Gasteiger partial charge in [-0.15, -0.1) is 0 Å². The van der Waals surface area contributed by atoms with Crippen LogP contribution in [-0.2, 0) is 11.3 Å². The van der Waals surface area contributed by atoms with Gasteiger partial charge < -0.3 is 20.1 Å². The van der Waals surface area contributed by atoms with Gasteiger partial charge in [-0.3, -0.25) is 4.79 Å². The quantitative estimate of drug-likeness (QED) is 0.800. The molecule has 2 aromatic rings. The molecule has 0 spiro atoms. The minimum Gasteiger partial charge on any atom is -0.486 e. The van der Waals surface area contributed by atoms with Gasteiger partial charge >= 0.3 is 0 Å². The molecule has 24 heavy (non-hydrogen) atoms. The summed E-state index contributed by atoms with van der Waals surface area (Å²) in [6.07, 6.45) is 0.343. The van der Waals surface area contributed by atoms with Gasteiger partial charge in [-0.25, -0.2) is 4.39 Å². The first-order valence-electron chi connectivity index (χ1n) is 7.85. The van der Waals surface area contributed by atoms with Crippen molar-refractivity contribution in [2.75, 3.05) is 25.1 Å². The Morgan fingerprint density at radius 3 is 2.58 bits per heavy atom. The molecule has 0 atom stereocenters. The highest BCUT2D eigenvalue weighted by molar-refractivity contribution is 5.91. The number of halogens is 1. The number of amides is 1. The molecule has 1 heterocycles. The van der Waals surface area contributed by atoms with Crippen molar-refractivity contribution < 1.29 is 18.7 Å². The first-order chi connectivity index (χ1) is 11.7.